The molecule has 0 fully saturated rings. The van der Waals surface area contributed by atoms with E-state index in [1.165, 1.54) is 0 Å². The molecule has 0 aliphatic rings. The summed E-state index contributed by atoms with van der Waals surface area (Å²) < 4.78 is 5.29. The molecule has 0 saturated carbocycles. The van der Waals surface area contributed by atoms with Gasteiger partial charge in [0, 0.05) is 16.7 Å². The van der Waals surface area contributed by atoms with Gasteiger partial charge in [0.1, 0.15) is 0 Å². The molecule has 0 aliphatic carbocycles. The number of halogens is 2. The second-order valence-electron chi connectivity index (χ2n) is 3.04. The van der Waals surface area contributed by atoms with Crippen LogP contribution in [0.1, 0.15) is 18.5 Å². The Labute approximate surface area is 99.5 Å². The van der Waals surface area contributed by atoms with E-state index in [4.69, 9.17) is 33.8 Å². The van der Waals surface area contributed by atoms with E-state index < -0.39 is 0 Å². The summed E-state index contributed by atoms with van der Waals surface area (Å²) >= 11 is 11.9. The second kappa shape index (κ2) is 6.30. The topological polar surface area (TPSA) is 47.3 Å². The monoisotopic (exact) mass is 248 g/mol. The lowest BCUT2D eigenvalue weighted by Crippen LogP contribution is -2.31. The summed E-state index contributed by atoms with van der Waals surface area (Å²) in [6.07, 6.45) is 0. The summed E-state index contributed by atoms with van der Waals surface area (Å²) in [5, 5.41) is 1.26. The number of hydrogen-bond donors (Lipinski definition) is 2. The molecule has 1 aromatic carbocycles. The van der Waals surface area contributed by atoms with Crippen molar-refractivity contribution in [1.29, 1.82) is 0 Å². The molecule has 3 nitrogen and oxygen atoms in total. The average Bonchev–Trinajstić information content (AvgIpc) is 2.24. The maximum atomic E-state index is 6.04. The molecule has 0 spiro atoms. The Morgan fingerprint density at radius 3 is 2.80 bits per heavy atom. The summed E-state index contributed by atoms with van der Waals surface area (Å²) in [5.74, 6) is 5.43. The average molecular weight is 249 g/mol. The largest absolute Gasteiger partial charge is 0.380 e. The number of rotatable bonds is 5. The minimum Gasteiger partial charge on any atom is -0.380 e. The number of ether oxygens (including phenoxy) is 1. The van der Waals surface area contributed by atoms with Crippen molar-refractivity contribution in [2.45, 2.75) is 13.0 Å². The van der Waals surface area contributed by atoms with Crippen molar-refractivity contribution in [2.24, 2.45) is 5.84 Å². The van der Waals surface area contributed by atoms with Crippen LogP contribution in [-0.2, 0) is 4.74 Å². The molecule has 1 aromatic rings. The molecular weight excluding hydrogens is 235 g/mol. The number of benzene rings is 1. The highest BCUT2D eigenvalue weighted by Gasteiger charge is 2.13. The van der Waals surface area contributed by atoms with Crippen molar-refractivity contribution in [2.75, 3.05) is 13.2 Å². The van der Waals surface area contributed by atoms with Crippen LogP contribution >= 0.6 is 23.2 Å². The quantitative estimate of drug-likeness (QED) is 0.622. The first kappa shape index (κ1) is 12.7. The van der Waals surface area contributed by atoms with Crippen LogP contribution in [-0.4, -0.2) is 13.2 Å². The molecule has 15 heavy (non-hydrogen) atoms. The third-order valence-corrected chi connectivity index (χ3v) is 2.60. The van der Waals surface area contributed by atoms with Crippen molar-refractivity contribution in [1.82, 2.24) is 5.43 Å². The lowest BCUT2D eigenvalue weighted by Gasteiger charge is -2.17. The Bertz CT molecular complexity index is 320. The highest BCUT2D eigenvalue weighted by Crippen LogP contribution is 2.26. The van der Waals surface area contributed by atoms with Gasteiger partial charge in [-0.05, 0) is 30.7 Å². The lowest BCUT2D eigenvalue weighted by atomic mass is 10.1. The van der Waals surface area contributed by atoms with Crippen LogP contribution in [0.4, 0.5) is 0 Å². The molecule has 84 valence electrons. The van der Waals surface area contributed by atoms with E-state index in [-0.39, 0.29) is 6.04 Å². The Morgan fingerprint density at radius 2 is 2.20 bits per heavy atom. The maximum Gasteiger partial charge on any atom is 0.0708 e. The first-order valence-corrected chi connectivity index (χ1v) is 5.43. The minimum absolute atomic E-state index is 0.142. The Hall–Kier alpha value is -0.320. The zero-order valence-corrected chi connectivity index (χ0v) is 9.98. The van der Waals surface area contributed by atoms with Crippen LogP contribution in [0, 0.1) is 0 Å². The maximum absolute atomic E-state index is 6.04. The van der Waals surface area contributed by atoms with Crippen molar-refractivity contribution < 1.29 is 4.74 Å². The zero-order chi connectivity index (χ0) is 11.3. The molecule has 0 saturated heterocycles. The first-order chi connectivity index (χ1) is 7.19. The summed E-state index contributed by atoms with van der Waals surface area (Å²) in [6, 6.07) is 5.13. The van der Waals surface area contributed by atoms with E-state index in [0.717, 1.165) is 5.56 Å². The Kier molecular flexibility index (Phi) is 5.36. The van der Waals surface area contributed by atoms with Gasteiger partial charge in [0.25, 0.3) is 0 Å². The van der Waals surface area contributed by atoms with Crippen molar-refractivity contribution in [3.63, 3.8) is 0 Å². The van der Waals surface area contributed by atoms with Crippen LogP contribution in [0.25, 0.3) is 0 Å². The predicted octanol–water partition coefficient (Wildman–Crippen LogP) is 2.53. The first-order valence-electron chi connectivity index (χ1n) is 4.67. The zero-order valence-electron chi connectivity index (χ0n) is 8.47. The number of nitrogens with two attached hydrogens (primary N) is 1. The molecule has 5 heteroatoms. The molecule has 0 bridgehead atoms. The summed E-state index contributed by atoms with van der Waals surface area (Å²) in [7, 11) is 0. The SMILES string of the molecule is CCOCC(NN)c1cc(Cl)ccc1Cl. The van der Waals surface area contributed by atoms with Gasteiger partial charge in [-0.3, -0.25) is 11.3 Å². The number of nitrogens with one attached hydrogen (secondary N) is 1. The fraction of sp³-hybridized carbons (Fsp3) is 0.400. The lowest BCUT2D eigenvalue weighted by molar-refractivity contribution is 0.123. The van der Waals surface area contributed by atoms with Gasteiger partial charge in [-0.15, -0.1) is 0 Å². The number of hydrazine groups is 1. The fourth-order valence-electron chi connectivity index (χ4n) is 1.25. The highest BCUT2D eigenvalue weighted by molar-refractivity contribution is 6.33. The Morgan fingerprint density at radius 1 is 1.47 bits per heavy atom. The highest BCUT2D eigenvalue weighted by atomic mass is 35.5. The summed E-state index contributed by atoms with van der Waals surface area (Å²) in [6.45, 7) is 3.02. The van der Waals surface area contributed by atoms with Crippen molar-refractivity contribution in [3.05, 3.63) is 33.8 Å². The van der Waals surface area contributed by atoms with Crippen molar-refractivity contribution >= 4 is 23.2 Å². The van der Waals surface area contributed by atoms with Crippen LogP contribution in [0.2, 0.25) is 10.0 Å². The van der Waals surface area contributed by atoms with Gasteiger partial charge in [-0.1, -0.05) is 23.2 Å². The molecule has 3 N–H and O–H groups in total. The smallest absolute Gasteiger partial charge is 0.0708 e. The molecular formula is C10H14Cl2N2O. The molecule has 0 aromatic heterocycles. The van der Waals surface area contributed by atoms with E-state index in [2.05, 4.69) is 5.43 Å². The van der Waals surface area contributed by atoms with E-state index in [1.54, 1.807) is 18.2 Å². The third-order valence-electron chi connectivity index (χ3n) is 2.02. The van der Waals surface area contributed by atoms with Gasteiger partial charge in [0.2, 0.25) is 0 Å². The van der Waals surface area contributed by atoms with Crippen LogP contribution < -0.4 is 11.3 Å². The van der Waals surface area contributed by atoms with E-state index in [0.29, 0.717) is 23.3 Å². The van der Waals surface area contributed by atoms with Crippen LogP contribution in [0.15, 0.2) is 18.2 Å². The number of hydrogen-bond acceptors (Lipinski definition) is 3. The molecule has 1 unspecified atom stereocenters. The third kappa shape index (κ3) is 3.63. The van der Waals surface area contributed by atoms with Gasteiger partial charge < -0.3 is 4.74 Å². The van der Waals surface area contributed by atoms with Crippen LogP contribution in [0.5, 0.6) is 0 Å². The standard InChI is InChI=1S/C10H14Cl2N2O/c1-2-15-6-10(14-13)8-5-7(11)3-4-9(8)12/h3-5,10,14H,2,6,13H2,1H3. The van der Waals surface area contributed by atoms with Gasteiger partial charge in [0.15, 0.2) is 0 Å². The molecule has 0 radical (unpaired) electrons. The van der Waals surface area contributed by atoms with E-state index in [9.17, 15) is 0 Å². The summed E-state index contributed by atoms with van der Waals surface area (Å²) in [4.78, 5) is 0. The summed E-state index contributed by atoms with van der Waals surface area (Å²) in [5.41, 5.74) is 3.50. The van der Waals surface area contributed by atoms with Gasteiger partial charge >= 0.3 is 0 Å². The van der Waals surface area contributed by atoms with Gasteiger partial charge in [-0.2, -0.15) is 0 Å². The predicted molar refractivity (Wildman–Crippen MR) is 63.0 cm³/mol. The van der Waals surface area contributed by atoms with E-state index in [1.807, 2.05) is 6.92 Å². The fourth-order valence-corrected chi connectivity index (χ4v) is 1.67. The molecule has 1 atom stereocenters. The van der Waals surface area contributed by atoms with Crippen LogP contribution in [0.3, 0.4) is 0 Å². The molecule has 1 rings (SSSR count). The molecule has 0 heterocycles. The van der Waals surface area contributed by atoms with Crippen molar-refractivity contribution in [3.8, 4) is 0 Å². The molecule has 0 aliphatic heterocycles. The van der Waals surface area contributed by atoms with Gasteiger partial charge in [0.05, 0.1) is 12.6 Å². The normalized spacial score (nSPS) is 12.8. The Balaban J connectivity index is 2.85. The van der Waals surface area contributed by atoms with E-state index >= 15 is 0 Å². The van der Waals surface area contributed by atoms with Gasteiger partial charge in [-0.25, -0.2) is 0 Å². The minimum atomic E-state index is -0.142. The second-order valence-corrected chi connectivity index (χ2v) is 3.89. The molecule has 0 amide bonds.